The second kappa shape index (κ2) is 5.94. The third-order valence-corrected chi connectivity index (χ3v) is 6.22. The summed E-state index contributed by atoms with van der Waals surface area (Å²) in [5, 5.41) is 11.2. The lowest BCUT2D eigenvalue weighted by Gasteiger charge is -2.39. The minimum Gasteiger partial charge on any atom is -0.507 e. The van der Waals surface area contributed by atoms with Crippen LogP contribution < -0.4 is 0 Å². The Morgan fingerprint density at radius 2 is 1.96 bits per heavy atom. The fraction of sp³-hybridized carbons (Fsp3) is 0.571. The van der Waals surface area contributed by atoms with E-state index < -0.39 is 5.60 Å². The van der Waals surface area contributed by atoms with Crippen LogP contribution in [0.25, 0.3) is 0 Å². The number of rotatable bonds is 4. The van der Waals surface area contributed by atoms with Crippen LogP contribution in [0.5, 0.6) is 0 Å². The molecule has 1 aromatic carbocycles. The highest BCUT2D eigenvalue weighted by Crippen LogP contribution is 2.54. The first kappa shape index (κ1) is 15.7. The number of carbonyl (C=O) groups excluding carboxylic acids is 1. The van der Waals surface area contributed by atoms with Crippen LogP contribution in [0.3, 0.4) is 0 Å². The van der Waals surface area contributed by atoms with E-state index in [2.05, 4.69) is 19.1 Å². The zero-order chi connectivity index (χ0) is 16.7. The van der Waals surface area contributed by atoms with Crippen LogP contribution in [0.1, 0.15) is 63.4 Å². The van der Waals surface area contributed by atoms with Crippen LogP contribution in [-0.4, -0.2) is 16.7 Å². The molecule has 1 aromatic rings. The third kappa shape index (κ3) is 2.37. The number of aliphatic hydroxyl groups excluding tert-OH is 1. The molecular weight excluding hydrogens is 300 g/mol. The van der Waals surface area contributed by atoms with E-state index in [-0.39, 0.29) is 23.6 Å². The number of carbonyl (C=O) groups is 1. The molecule has 128 valence electrons. The molecule has 3 nitrogen and oxygen atoms in total. The van der Waals surface area contributed by atoms with Gasteiger partial charge in [-0.15, -0.1) is 0 Å². The minimum atomic E-state index is -0.749. The molecule has 0 amide bonds. The predicted molar refractivity (Wildman–Crippen MR) is 92.6 cm³/mol. The first-order chi connectivity index (χ1) is 11.7. The molecule has 24 heavy (non-hydrogen) atoms. The highest BCUT2D eigenvalue weighted by atomic mass is 16.6. The molecule has 3 unspecified atom stereocenters. The SMILES string of the molecule is CCC1CCCCC12OC(=O)C(C(c1ccccc1)C1CC1)=C2O. The van der Waals surface area contributed by atoms with Gasteiger partial charge < -0.3 is 9.84 Å². The Hall–Kier alpha value is -1.77. The Morgan fingerprint density at radius 3 is 2.62 bits per heavy atom. The van der Waals surface area contributed by atoms with Crippen LogP contribution in [-0.2, 0) is 9.53 Å². The lowest BCUT2D eigenvalue weighted by molar-refractivity contribution is -0.157. The van der Waals surface area contributed by atoms with E-state index in [1.807, 2.05) is 18.2 Å². The van der Waals surface area contributed by atoms with Gasteiger partial charge in [0.1, 0.15) is 5.76 Å². The third-order valence-electron chi connectivity index (χ3n) is 6.22. The summed E-state index contributed by atoms with van der Waals surface area (Å²) in [6.45, 7) is 2.13. The van der Waals surface area contributed by atoms with Crippen molar-refractivity contribution in [1.82, 2.24) is 0 Å². The first-order valence-corrected chi connectivity index (χ1v) is 9.39. The molecule has 0 aromatic heterocycles. The van der Waals surface area contributed by atoms with Crippen molar-refractivity contribution in [1.29, 1.82) is 0 Å². The zero-order valence-electron chi connectivity index (χ0n) is 14.3. The van der Waals surface area contributed by atoms with Crippen molar-refractivity contribution in [2.45, 2.75) is 63.4 Å². The van der Waals surface area contributed by atoms with Gasteiger partial charge in [0.25, 0.3) is 0 Å². The number of aliphatic hydroxyl groups is 1. The summed E-state index contributed by atoms with van der Waals surface area (Å²) in [7, 11) is 0. The van der Waals surface area contributed by atoms with E-state index in [4.69, 9.17) is 4.74 Å². The molecule has 2 fully saturated rings. The number of ether oxygens (including phenoxy) is 1. The predicted octanol–water partition coefficient (Wildman–Crippen LogP) is 4.89. The van der Waals surface area contributed by atoms with Gasteiger partial charge in [-0.1, -0.05) is 43.7 Å². The van der Waals surface area contributed by atoms with Crippen LogP contribution in [0.2, 0.25) is 0 Å². The second-order valence-corrected chi connectivity index (χ2v) is 7.62. The van der Waals surface area contributed by atoms with Crippen molar-refractivity contribution < 1.29 is 14.6 Å². The van der Waals surface area contributed by atoms with E-state index in [0.717, 1.165) is 50.5 Å². The Bertz CT molecular complexity index is 659. The molecular formula is C21H26O3. The first-order valence-electron chi connectivity index (χ1n) is 9.39. The molecule has 4 rings (SSSR count). The number of hydrogen-bond acceptors (Lipinski definition) is 3. The average Bonchev–Trinajstić information content (AvgIpc) is 3.41. The summed E-state index contributed by atoms with van der Waals surface area (Å²) < 4.78 is 5.94. The maximum atomic E-state index is 12.8. The van der Waals surface area contributed by atoms with Gasteiger partial charge in [-0.3, -0.25) is 0 Å². The molecule has 1 N–H and O–H groups in total. The molecule has 3 heteroatoms. The Morgan fingerprint density at radius 1 is 1.21 bits per heavy atom. The quantitative estimate of drug-likeness (QED) is 0.801. The summed E-state index contributed by atoms with van der Waals surface area (Å²) in [5.41, 5.74) is 0.921. The van der Waals surface area contributed by atoms with Gasteiger partial charge >= 0.3 is 5.97 Å². The fourth-order valence-electron chi connectivity index (χ4n) is 4.83. The summed E-state index contributed by atoms with van der Waals surface area (Å²) in [6, 6.07) is 10.1. The highest BCUT2D eigenvalue weighted by Gasteiger charge is 2.56. The molecule has 0 saturated heterocycles. The van der Waals surface area contributed by atoms with Crippen LogP contribution in [0.4, 0.5) is 0 Å². The molecule has 1 aliphatic heterocycles. The van der Waals surface area contributed by atoms with E-state index in [1.54, 1.807) is 0 Å². The molecule has 1 spiro atoms. The van der Waals surface area contributed by atoms with Crippen LogP contribution in [0.15, 0.2) is 41.7 Å². The standard InChI is InChI=1S/C21H26O3/c1-2-16-10-6-7-13-21(16)19(22)18(20(23)24-21)17(15-11-12-15)14-8-4-3-5-9-14/h3-5,8-9,15-17,22H,2,6-7,10-13H2,1H3. The summed E-state index contributed by atoms with van der Waals surface area (Å²) >= 11 is 0. The van der Waals surface area contributed by atoms with Crippen molar-refractivity contribution in [3.8, 4) is 0 Å². The maximum absolute atomic E-state index is 12.8. The monoisotopic (exact) mass is 326 g/mol. The second-order valence-electron chi connectivity index (χ2n) is 7.62. The van der Waals surface area contributed by atoms with Gasteiger partial charge in [0.15, 0.2) is 5.60 Å². The molecule has 0 bridgehead atoms. The fourth-order valence-corrected chi connectivity index (χ4v) is 4.83. The molecule has 2 saturated carbocycles. The molecule has 3 atom stereocenters. The van der Waals surface area contributed by atoms with Crippen molar-refractivity contribution in [2.24, 2.45) is 11.8 Å². The van der Waals surface area contributed by atoms with Gasteiger partial charge in [-0.25, -0.2) is 4.79 Å². The van der Waals surface area contributed by atoms with Crippen molar-refractivity contribution >= 4 is 5.97 Å². The summed E-state index contributed by atoms with van der Waals surface area (Å²) in [5.74, 6) is 0.644. The Balaban J connectivity index is 1.79. The number of benzene rings is 1. The van der Waals surface area contributed by atoms with E-state index in [1.165, 1.54) is 0 Å². The Labute approximate surface area is 143 Å². The molecule has 1 heterocycles. The van der Waals surface area contributed by atoms with Gasteiger partial charge in [0.2, 0.25) is 0 Å². The Kier molecular flexibility index (Phi) is 3.90. The highest BCUT2D eigenvalue weighted by molar-refractivity contribution is 5.94. The normalized spacial score (nSPS) is 31.4. The summed E-state index contributed by atoms with van der Waals surface area (Å²) in [4.78, 5) is 12.8. The molecule has 0 radical (unpaired) electrons. The van der Waals surface area contributed by atoms with Gasteiger partial charge in [0.05, 0.1) is 5.57 Å². The topological polar surface area (TPSA) is 46.5 Å². The van der Waals surface area contributed by atoms with E-state index in [9.17, 15) is 9.90 Å². The number of hydrogen-bond donors (Lipinski definition) is 1. The molecule has 3 aliphatic rings. The van der Waals surface area contributed by atoms with E-state index in [0.29, 0.717) is 11.5 Å². The lowest BCUT2D eigenvalue weighted by Crippen LogP contribution is -2.43. The lowest BCUT2D eigenvalue weighted by atomic mass is 9.72. The average molecular weight is 326 g/mol. The maximum Gasteiger partial charge on any atom is 0.339 e. The minimum absolute atomic E-state index is 0.0162. The van der Waals surface area contributed by atoms with Crippen molar-refractivity contribution in [3.63, 3.8) is 0 Å². The number of esters is 1. The van der Waals surface area contributed by atoms with Gasteiger partial charge in [-0.2, -0.15) is 0 Å². The van der Waals surface area contributed by atoms with Crippen LogP contribution in [0, 0.1) is 11.8 Å². The van der Waals surface area contributed by atoms with Gasteiger partial charge in [0, 0.05) is 11.8 Å². The zero-order valence-corrected chi connectivity index (χ0v) is 14.3. The van der Waals surface area contributed by atoms with Gasteiger partial charge in [-0.05, 0) is 50.0 Å². The summed E-state index contributed by atoms with van der Waals surface area (Å²) in [6.07, 6.45) is 7.14. The van der Waals surface area contributed by atoms with Crippen molar-refractivity contribution in [3.05, 3.63) is 47.2 Å². The molecule has 2 aliphatic carbocycles. The van der Waals surface area contributed by atoms with Crippen molar-refractivity contribution in [2.75, 3.05) is 0 Å². The largest absolute Gasteiger partial charge is 0.507 e. The van der Waals surface area contributed by atoms with E-state index >= 15 is 0 Å². The smallest absolute Gasteiger partial charge is 0.339 e. The van der Waals surface area contributed by atoms with Crippen LogP contribution >= 0.6 is 0 Å².